The number of hydrogen-bond donors (Lipinski definition) is 0. The van der Waals surface area contributed by atoms with Gasteiger partial charge in [-0.25, -0.2) is 9.78 Å². The van der Waals surface area contributed by atoms with Gasteiger partial charge in [-0.15, -0.1) is 10.2 Å². The SMILES string of the molecule is CN1C(=O)CN(c2cc(C3CC3)cn3cc(CN(C)c4nc(Cl)nnc4Cl)nc23)C1=O. The van der Waals surface area contributed by atoms with Crippen LogP contribution in [0.2, 0.25) is 10.4 Å². The molecule has 3 aromatic heterocycles. The van der Waals surface area contributed by atoms with E-state index in [1.165, 1.54) is 11.9 Å². The number of carbonyl (C=O) groups excluding carboxylic acids is 2. The van der Waals surface area contributed by atoms with E-state index in [4.69, 9.17) is 28.2 Å². The first-order chi connectivity index (χ1) is 14.8. The van der Waals surface area contributed by atoms with Crippen LogP contribution in [0, 0.1) is 0 Å². The number of halogens is 2. The van der Waals surface area contributed by atoms with Crippen LogP contribution < -0.4 is 9.80 Å². The Morgan fingerprint density at radius 2 is 1.94 bits per heavy atom. The summed E-state index contributed by atoms with van der Waals surface area (Å²) < 4.78 is 1.91. The molecule has 160 valence electrons. The van der Waals surface area contributed by atoms with Crippen LogP contribution in [0.4, 0.5) is 16.3 Å². The zero-order valence-corrected chi connectivity index (χ0v) is 18.3. The Labute approximate surface area is 187 Å². The van der Waals surface area contributed by atoms with Crippen LogP contribution in [0.5, 0.6) is 0 Å². The highest BCUT2D eigenvalue weighted by Gasteiger charge is 2.36. The number of nitrogens with zero attached hydrogens (tertiary/aromatic N) is 8. The fraction of sp³-hybridized carbons (Fsp3) is 0.368. The summed E-state index contributed by atoms with van der Waals surface area (Å²) in [5, 5.41) is 7.55. The monoisotopic (exact) mass is 460 g/mol. The minimum absolute atomic E-state index is 0.000976. The second-order valence-corrected chi connectivity index (χ2v) is 8.46. The molecule has 0 aromatic carbocycles. The second-order valence-electron chi connectivity index (χ2n) is 7.77. The number of hydrogen-bond acceptors (Lipinski definition) is 7. The van der Waals surface area contributed by atoms with Crippen molar-refractivity contribution in [3.8, 4) is 0 Å². The molecule has 0 bridgehead atoms. The van der Waals surface area contributed by atoms with Gasteiger partial charge in [-0.1, -0.05) is 11.6 Å². The maximum Gasteiger partial charge on any atom is 0.331 e. The zero-order chi connectivity index (χ0) is 21.9. The first-order valence-corrected chi connectivity index (χ1v) is 10.4. The molecule has 1 aliphatic heterocycles. The standard InChI is InChI=1S/C19H18Cl2N8O2/c1-26(17-15(20)24-25-18(21)23-17)7-12-8-28-6-11(10-3-4-10)5-13(16(28)22-12)29-9-14(30)27(2)19(29)31/h5-6,8,10H,3-4,7,9H2,1-2H3. The van der Waals surface area contributed by atoms with Crippen molar-refractivity contribution in [3.05, 3.63) is 40.2 Å². The predicted octanol–water partition coefficient (Wildman–Crippen LogP) is 2.74. The van der Waals surface area contributed by atoms with E-state index in [0.717, 1.165) is 29.0 Å². The molecule has 0 atom stereocenters. The molecule has 2 aliphatic rings. The average molecular weight is 461 g/mol. The molecule has 1 saturated carbocycles. The zero-order valence-electron chi connectivity index (χ0n) is 16.8. The Morgan fingerprint density at radius 1 is 1.16 bits per heavy atom. The molecule has 10 nitrogen and oxygen atoms in total. The van der Waals surface area contributed by atoms with Crippen molar-refractivity contribution in [2.24, 2.45) is 0 Å². The van der Waals surface area contributed by atoms with Crippen LogP contribution in [0.1, 0.15) is 30.0 Å². The molecule has 2 fully saturated rings. The summed E-state index contributed by atoms with van der Waals surface area (Å²) in [6.45, 7) is 0.378. The Balaban J connectivity index is 1.53. The number of anilines is 2. The minimum Gasteiger partial charge on any atom is -0.351 e. The molecule has 12 heteroatoms. The molecule has 5 rings (SSSR count). The maximum absolute atomic E-state index is 12.6. The summed E-state index contributed by atoms with van der Waals surface area (Å²) in [5.74, 6) is 0.615. The third kappa shape index (κ3) is 3.55. The maximum atomic E-state index is 12.6. The van der Waals surface area contributed by atoms with Crippen LogP contribution in [0.15, 0.2) is 18.5 Å². The topological polar surface area (TPSA) is 99.8 Å². The average Bonchev–Trinajstić information content (AvgIpc) is 3.46. The lowest BCUT2D eigenvalue weighted by Gasteiger charge is -2.17. The summed E-state index contributed by atoms with van der Waals surface area (Å²) >= 11 is 12.0. The van der Waals surface area contributed by atoms with Crippen LogP contribution in [0.3, 0.4) is 0 Å². The van der Waals surface area contributed by atoms with Gasteiger partial charge in [0, 0.05) is 26.5 Å². The van der Waals surface area contributed by atoms with Gasteiger partial charge in [0.15, 0.2) is 16.6 Å². The van der Waals surface area contributed by atoms with Crippen molar-refractivity contribution in [1.29, 1.82) is 0 Å². The fourth-order valence-corrected chi connectivity index (χ4v) is 4.04. The molecule has 0 unspecified atom stereocenters. The van der Waals surface area contributed by atoms with Crippen molar-refractivity contribution in [2.45, 2.75) is 25.3 Å². The number of likely N-dealkylation sites (N-methyl/N-ethyl adjacent to an activating group) is 1. The van der Waals surface area contributed by atoms with Crippen LogP contribution >= 0.6 is 23.2 Å². The van der Waals surface area contributed by atoms with Gasteiger partial charge in [0.2, 0.25) is 11.2 Å². The predicted molar refractivity (Wildman–Crippen MR) is 115 cm³/mol. The summed E-state index contributed by atoms with van der Waals surface area (Å²) in [4.78, 5) is 38.0. The number of imidazole rings is 1. The molecule has 0 radical (unpaired) electrons. The number of rotatable bonds is 5. The van der Waals surface area contributed by atoms with Gasteiger partial charge in [-0.2, -0.15) is 4.98 Å². The second kappa shape index (κ2) is 7.31. The van der Waals surface area contributed by atoms with Gasteiger partial charge >= 0.3 is 6.03 Å². The van der Waals surface area contributed by atoms with E-state index in [0.29, 0.717) is 29.6 Å². The van der Waals surface area contributed by atoms with Gasteiger partial charge in [-0.05, 0) is 42.0 Å². The lowest BCUT2D eigenvalue weighted by atomic mass is 10.1. The Kier molecular flexibility index (Phi) is 4.71. The fourth-order valence-electron chi connectivity index (χ4n) is 3.70. The van der Waals surface area contributed by atoms with Gasteiger partial charge in [0.05, 0.1) is 17.9 Å². The van der Waals surface area contributed by atoms with Gasteiger partial charge in [0.25, 0.3) is 0 Å². The molecule has 31 heavy (non-hydrogen) atoms. The molecular formula is C19H18Cl2N8O2. The molecule has 4 heterocycles. The third-order valence-electron chi connectivity index (χ3n) is 5.49. The van der Waals surface area contributed by atoms with E-state index in [-0.39, 0.29) is 28.9 Å². The highest BCUT2D eigenvalue weighted by molar-refractivity contribution is 6.32. The number of urea groups is 1. The minimum atomic E-state index is -0.352. The lowest BCUT2D eigenvalue weighted by Crippen LogP contribution is -2.30. The smallest absolute Gasteiger partial charge is 0.331 e. The molecule has 0 spiro atoms. The quantitative estimate of drug-likeness (QED) is 0.539. The lowest BCUT2D eigenvalue weighted by molar-refractivity contribution is -0.123. The van der Waals surface area contributed by atoms with Crippen molar-refractivity contribution in [1.82, 2.24) is 29.5 Å². The number of fused-ring (bicyclic) bond motifs is 1. The van der Waals surface area contributed by atoms with Crippen molar-refractivity contribution in [3.63, 3.8) is 0 Å². The molecule has 1 aliphatic carbocycles. The first-order valence-electron chi connectivity index (χ1n) is 9.68. The third-order valence-corrected chi connectivity index (χ3v) is 5.90. The largest absolute Gasteiger partial charge is 0.351 e. The number of amides is 3. The van der Waals surface area contributed by atoms with Crippen LogP contribution in [-0.2, 0) is 11.3 Å². The number of aromatic nitrogens is 5. The van der Waals surface area contributed by atoms with E-state index in [2.05, 4.69) is 15.2 Å². The Hall–Kier alpha value is -2.98. The number of imide groups is 1. The van der Waals surface area contributed by atoms with Gasteiger partial charge < -0.3 is 9.30 Å². The summed E-state index contributed by atoms with van der Waals surface area (Å²) in [5.41, 5.74) is 3.10. The van der Waals surface area contributed by atoms with E-state index < -0.39 is 0 Å². The van der Waals surface area contributed by atoms with E-state index in [9.17, 15) is 9.59 Å². The van der Waals surface area contributed by atoms with Gasteiger partial charge in [0.1, 0.15) is 6.54 Å². The molecular weight excluding hydrogens is 443 g/mol. The first kappa shape index (κ1) is 20.0. The van der Waals surface area contributed by atoms with E-state index >= 15 is 0 Å². The summed E-state index contributed by atoms with van der Waals surface area (Å²) in [6.07, 6.45) is 6.16. The van der Waals surface area contributed by atoms with Gasteiger partial charge in [-0.3, -0.25) is 14.6 Å². The van der Waals surface area contributed by atoms with Crippen molar-refractivity contribution >= 4 is 52.3 Å². The molecule has 0 N–H and O–H groups in total. The molecule has 3 aromatic rings. The number of pyridine rings is 1. The van der Waals surface area contributed by atoms with Crippen LogP contribution in [-0.4, -0.2) is 62.0 Å². The van der Waals surface area contributed by atoms with Crippen molar-refractivity contribution < 1.29 is 9.59 Å². The summed E-state index contributed by atoms with van der Waals surface area (Å²) in [6, 6.07) is 1.62. The number of carbonyl (C=O) groups is 2. The Morgan fingerprint density at radius 3 is 2.61 bits per heavy atom. The molecule has 1 saturated heterocycles. The summed E-state index contributed by atoms with van der Waals surface area (Å²) in [7, 11) is 3.29. The molecule has 3 amide bonds. The normalized spacial score (nSPS) is 16.6. The van der Waals surface area contributed by atoms with Crippen LogP contribution in [0.25, 0.3) is 5.65 Å². The highest BCUT2D eigenvalue weighted by Crippen LogP contribution is 2.42. The van der Waals surface area contributed by atoms with E-state index in [1.807, 2.05) is 22.9 Å². The van der Waals surface area contributed by atoms with Crippen molar-refractivity contribution in [2.75, 3.05) is 30.4 Å². The Bertz CT molecular complexity index is 1230. The van der Waals surface area contributed by atoms with E-state index in [1.54, 1.807) is 11.9 Å². The highest BCUT2D eigenvalue weighted by atomic mass is 35.5.